The quantitative estimate of drug-likeness (QED) is 0.744. The van der Waals surface area contributed by atoms with E-state index in [1.807, 2.05) is 12.1 Å². The van der Waals surface area contributed by atoms with Gasteiger partial charge in [-0.3, -0.25) is 0 Å². The molecule has 2 heteroatoms. The molecule has 1 aliphatic carbocycles. The lowest BCUT2D eigenvalue weighted by Gasteiger charge is -2.37. The Balaban J connectivity index is 2.30. The normalized spacial score (nSPS) is 19.6. The fourth-order valence-corrected chi connectivity index (χ4v) is 3.61. The first-order valence-corrected chi connectivity index (χ1v) is 8.31. The number of nitrogens with one attached hydrogen (secondary N) is 1. The third kappa shape index (κ3) is 3.99. The van der Waals surface area contributed by atoms with Gasteiger partial charge in [-0.15, -0.1) is 0 Å². The summed E-state index contributed by atoms with van der Waals surface area (Å²) in [6, 6.07) is 8.44. The van der Waals surface area contributed by atoms with Crippen LogP contribution in [0.2, 0.25) is 5.02 Å². The molecule has 0 aromatic heterocycles. The van der Waals surface area contributed by atoms with Gasteiger partial charge in [-0.2, -0.15) is 0 Å². The highest BCUT2D eigenvalue weighted by Crippen LogP contribution is 2.41. The molecule has 20 heavy (non-hydrogen) atoms. The number of hydrogen-bond donors (Lipinski definition) is 1. The van der Waals surface area contributed by atoms with E-state index < -0.39 is 0 Å². The summed E-state index contributed by atoms with van der Waals surface area (Å²) in [5, 5.41) is 4.66. The van der Waals surface area contributed by atoms with E-state index in [0.29, 0.717) is 0 Å². The Morgan fingerprint density at radius 3 is 2.20 bits per heavy atom. The van der Waals surface area contributed by atoms with Crippen molar-refractivity contribution in [2.45, 2.75) is 70.3 Å². The highest BCUT2D eigenvalue weighted by atomic mass is 35.5. The largest absolute Gasteiger partial charge is 0.311 e. The summed E-state index contributed by atoms with van der Waals surface area (Å²) >= 11 is 6.52. The minimum absolute atomic E-state index is 0.153. The summed E-state index contributed by atoms with van der Waals surface area (Å²) in [4.78, 5) is 0. The van der Waals surface area contributed by atoms with Crippen molar-refractivity contribution in [2.24, 2.45) is 0 Å². The van der Waals surface area contributed by atoms with Crippen molar-refractivity contribution in [3.63, 3.8) is 0 Å². The molecule has 2 rings (SSSR count). The van der Waals surface area contributed by atoms with Gasteiger partial charge >= 0.3 is 0 Å². The number of rotatable bonds is 3. The molecule has 1 aromatic rings. The average molecular weight is 294 g/mol. The zero-order chi connectivity index (χ0) is 14.6. The Bertz CT molecular complexity index is 425. The van der Waals surface area contributed by atoms with Crippen molar-refractivity contribution in [1.82, 2.24) is 5.32 Å². The van der Waals surface area contributed by atoms with Crippen LogP contribution in [-0.2, 0) is 5.41 Å². The van der Waals surface area contributed by atoms with Crippen molar-refractivity contribution in [2.75, 3.05) is 6.54 Å². The van der Waals surface area contributed by atoms with Gasteiger partial charge in [0.25, 0.3) is 0 Å². The van der Waals surface area contributed by atoms with Crippen molar-refractivity contribution in [1.29, 1.82) is 0 Å². The first kappa shape index (κ1) is 15.9. The van der Waals surface area contributed by atoms with Gasteiger partial charge in [-0.05, 0) is 45.2 Å². The first-order chi connectivity index (χ1) is 9.43. The van der Waals surface area contributed by atoms with E-state index in [4.69, 9.17) is 11.6 Å². The second kappa shape index (κ2) is 6.49. The van der Waals surface area contributed by atoms with Gasteiger partial charge < -0.3 is 5.32 Å². The third-order valence-corrected chi connectivity index (χ3v) is 4.79. The molecule has 112 valence electrons. The lowest BCUT2D eigenvalue weighted by Crippen LogP contribution is -2.46. The van der Waals surface area contributed by atoms with Crippen LogP contribution in [0.4, 0.5) is 0 Å². The highest BCUT2D eigenvalue weighted by molar-refractivity contribution is 6.31. The van der Waals surface area contributed by atoms with Gasteiger partial charge in [-0.25, -0.2) is 0 Å². The maximum atomic E-state index is 6.52. The number of halogens is 1. The molecular weight excluding hydrogens is 266 g/mol. The second-order valence-corrected chi connectivity index (χ2v) is 7.69. The highest BCUT2D eigenvalue weighted by Gasteiger charge is 2.35. The fraction of sp³-hybridized carbons (Fsp3) is 0.667. The van der Waals surface area contributed by atoms with Crippen molar-refractivity contribution in [3.8, 4) is 0 Å². The smallest absolute Gasteiger partial charge is 0.0444 e. The van der Waals surface area contributed by atoms with Crippen LogP contribution in [0, 0.1) is 0 Å². The molecule has 0 unspecified atom stereocenters. The van der Waals surface area contributed by atoms with Crippen molar-refractivity contribution >= 4 is 11.6 Å². The maximum Gasteiger partial charge on any atom is 0.0444 e. The van der Waals surface area contributed by atoms with Crippen LogP contribution in [0.5, 0.6) is 0 Å². The molecule has 1 aromatic carbocycles. The van der Waals surface area contributed by atoms with E-state index in [-0.39, 0.29) is 11.0 Å². The standard InChI is InChI=1S/C18H28ClN/c1-17(2,3)20-14-18(12-8-4-5-9-13-18)15-10-6-7-11-16(15)19/h6-7,10-11,20H,4-5,8-9,12-14H2,1-3H3. The Hall–Kier alpha value is -0.530. The summed E-state index contributed by atoms with van der Waals surface area (Å²) in [5.41, 5.74) is 1.71. The SMILES string of the molecule is CC(C)(C)NCC1(c2ccccc2Cl)CCCCCC1. The molecule has 0 amide bonds. The number of hydrogen-bond acceptors (Lipinski definition) is 1. The minimum atomic E-state index is 0.153. The topological polar surface area (TPSA) is 12.0 Å². The summed E-state index contributed by atoms with van der Waals surface area (Å²) in [7, 11) is 0. The number of benzene rings is 1. The van der Waals surface area contributed by atoms with Gasteiger partial charge in [0.2, 0.25) is 0 Å². The Labute approximate surface area is 129 Å². The molecule has 0 atom stereocenters. The molecule has 0 saturated heterocycles. The van der Waals surface area contributed by atoms with Crippen molar-refractivity contribution in [3.05, 3.63) is 34.9 Å². The van der Waals surface area contributed by atoms with Crippen LogP contribution in [0.15, 0.2) is 24.3 Å². The van der Waals surface area contributed by atoms with E-state index in [0.717, 1.165) is 11.6 Å². The maximum absolute atomic E-state index is 6.52. The van der Waals surface area contributed by atoms with Crippen LogP contribution in [0.25, 0.3) is 0 Å². The molecule has 0 bridgehead atoms. The fourth-order valence-electron chi connectivity index (χ4n) is 3.27. The van der Waals surface area contributed by atoms with E-state index in [1.54, 1.807) is 0 Å². The minimum Gasteiger partial charge on any atom is -0.311 e. The molecule has 0 aliphatic heterocycles. The van der Waals surface area contributed by atoms with Crippen LogP contribution >= 0.6 is 11.6 Å². The Morgan fingerprint density at radius 1 is 1.05 bits per heavy atom. The zero-order valence-corrected chi connectivity index (χ0v) is 13.9. The molecule has 1 saturated carbocycles. The van der Waals surface area contributed by atoms with Gasteiger partial charge in [0.05, 0.1) is 0 Å². The van der Waals surface area contributed by atoms with Crippen LogP contribution < -0.4 is 5.32 Å². The summed E-state index contributed by atoms with van der Waals surface area (Å²) < 4.78 is 0. The Morgan fingerprint density at radius 2 is 1.65 bits per heavy atom. The Kier molecular flexibility index (Phi) is 5.14. The van der Waals surface area contributed by atoms with Gasteiger partial charge in [-0.1, -0.05) is 55.5 Å². The van der Waals surface area contributed by atoms with E-state index in [1.165, 1.54) is 44.1 Å². The third-order valence-electron chi connectivity index (χ3n) is 4.46. The molecular formula is C18H28ClN. The van der Waals surface area contributed by atoms with E-state index in [9.17, 15) is 0 Å². The first-order valence-electron chi connectivity index (χ1n) is 7.93. The molecule has 0 radical (unpaired) electrons. The van der Waals surface area contributed by atoms with Crippen LogP contribution in [-0.4, -0.2) is 12.1 Å². The van der Waals surface area contributed by atoms with Crippen LogP contribution in [0.3, 0.4) is 0 Å². The molecule has 1 nitrogen and oxygen atoms in total. The predicted molar refractivity (Wildman–Crippen MR) is 88.6 cm³/mol. The monoisotopic (exact) mass is 293 g/mol. The lowest BCUT2D eigenvalue weighted by molar-refractivity contribution is 0.300. The van der Waals surface area contributed by atoms with Crippen molar-refractivity contribution < 1.29 is 0 Å². The summed E-state index contributed by atoms with van der Waals surface area (Å²) in [6.07, 6.45) is 7.86. The van der Waals surface area contributed by atoms with Crippen LogP contribution in [0.1, 0.15) is 64.9 Å². The van der Waals surface area contributed by atoms with E-state index in [2.05, 4.69) is 38.2 Å². The van der Waals surface area contributed by atoms with Gasteiger partial charge in [0, 0.05) is 22.5 Å². The lowest BCUT2D eigenvalue weighted by atomic mass is 9.73. The molecule has 0 heterocycles. The second-order valence-electron chi connectivity index (χ2n) is 7.28. The van der Waals surface area contributed by atoms with Gasteiger partial charge in [0.1, 0.15) is 0 Å². The summed E-state index contributed by atoms with van der Waals surface area (Å²) in [5.74, 6) is 0. The molecule has 1 N–H and O–H groups in total. The zero-order valence-electron chi connectivity index (χ0n) is 13.1. The van der Waals surface area contributed by atoms with Gasteiger partial charge in [0.15, 0.2) is 0 Å². The molecule has 1 fully saturated rings. The molecule has 1 aliphatic rings. The predicted octanol–water partition coefficient (Wildman–Crippen LogP) is 5.32. The summed E-state index contributed by atoms with van der Waals surface area (Å²) in [6.45, 7) is 7.75. The average Bonchev–Trinajstić information content (AvgIpc) is 2.63. The molecule has 0 spiro atoms. The van der Waals surface area contributed by atoms with E-state index >= 15 is 0 Å².